The normalized spacial score (nSPS) is 26.4. The van der Waals surface area contributed by atoms with Crippen molar-refractivity contribution in [3.63, 3.8) is 0 Å². The highest BCUT2D eigenvalue weighted by Crippen LogP contribution is 2.51. The molecule has 0 saturated heterocycles. The molecule has 0 radical (unpaired) electrons. The molecule has 0 heterocycles. The van der Waals surface area contributed by atoms with E-state index in [0.29, 0.717) is 18.4 Å². The highest BCUT2D eigenvalue weighted by molar-refractivity contribution is 5.78. The van der Waals surface area contributed by atoms with Crippen molar-refractivity contribution in [2.75, 3.05) is 0 Å². The number of ether oxygens (including phenoxy) is 1. The molecule has 21 heavy (non-hydrogen) atoms. The topological polar surface area (TPSA) is 26.3 Å². The molecule has 1 aromatic carbocycles. The molecular weight excluding hydrogens is 281 g/mol. The molecule has 116 valence electrons. The molecule has 1 aliphatic rings. The number of esters is 1. The van der Waals surface area contributed by atoms with Crippen molar-refractivity contribution in [1.29, 1.82) is 0 Å². The summed E-state index contributed by atoms with van der Waals surface area (Å²) < 4.78 is 45.2. The van der Waals surface area contributed by atoms with Gasteiger partial charge in [0.1, 0.15) is 6.61 Å². The maximum Gasteiger partial charge on any atom is 0.404 e. The maximum atomic E-state index is 13.4. The number of benzene rings is 1. The number of hydrogen-bond acceptors (Lipinski definition) is 2. The van der Waals surface area contributed by atoms with Crippen molar-refractivity contribution in [2.45, 2.75) is 45.4 Å². The predicted molar refractivity (Wildman–Crippen MR) is 72.4 cm³/mol. The van der Waals surface area contributed by atoms with Gasteiger partial charge in [0.15, 0.2) is 5.41 Å². The Morgan fingerprint density at radius 3 is 2.33 bits per heavy atom. The van der Waals surface area contributed by atoms with Gasteiger partial charge >= 0.3 is 12.1 Å². The molecule has 2 nitrogen and oxygen atoms in total. The fourth-order valence-corrected chi connectivity index (χ4v) is 2.72. The fourth-order valence-electron chi connectivity index (χ4n) is 2.72. The molecule has 0 unspecified atom stereocenters. The number of alkyl halides is 3. The van der Waals surface area contributed by atoms with Crippen LogP contribution in [-0.4, -0.2) is 12.1 Å². The van der Waals surface area contributed by atoms with E-state index in [1.807, 2.05) is 6.92 Å². The summed E-state index contributed by atoms with van der Waals surface area (Å²) in [6.45, 7) is 1.79. The minimum atomic E-state index is -4.55. The van der Waals surface area contributed by atoms with Crippen molar-refractivity contribution in [1.82, 2.24) is 0 Å². The summed E-state index contributed by atoms with van der Waals surface area (Å²) in [6, 6.07) is 8.74. The number of hydrogen-bond donors (Lipinski definition) is 0. The van der Waals surface area contributed by atoms with Gasteiger partial charge in [-0.25, -0.2) is 0 Å². The van der Waals surface area contributed by atoms with Crippen LogP contribution in [0.2, 0.25) is 0 Å². The van der Waals surface area contributed by atoms with Crippen molar-refractivity contribution in [3.05, 3.63) is 35.9 Å². The number of halogens is 3. The van der Waals surface area contributed by atoms with E-state index in [2.05, 4.69) is 0 Å². The quantitative estimate of drug-likeness (QED) is 0.769. The van der Waals surface area contributed by atoms with Crippen LogP contribution >= 0.6 is 0 Å². The van der Waals surface area contributed by atoms with Crippen LogP contribution in [0.25, 0.3) is 0 Å². The molecule has 0 amide bonds. The first-order valence-corrected chi connectivity index (χ1v) is 7.13. The maximum absolute atomic E-state index is 13.4. The number of carbonyl (C=O) groups excluding carboxylic acids is 1. The lowest BCUT2D eigenvalue weighted by Gasteiger charge is -2.38. The molecule has 1 aliphatic carbocycles. The lowest BCUT2D eigenvalue weighted by atomic mass is 9.70. The molecule has 2 rings (SSSR count). The highest BCUT2D eigenvalue weighted by Gasteiger charge is 2.61. The monoisotopic (exact) mass is 300 g/mol. The minimum absolute atomic E-state index is 0.118. The number of carbonyl (C=O) groups is 1. The zero-order valence-electron chi connectivity index (χ0n) is 12.0. The van der Waals surface area contributed by atoms with Gasteiger partial charge in [-0.3, -0.25) is 4.79 Å². The molecule has 1 aromatic rings. The average Bonchev–Trinajstić information content (AvgIpc) is 2.45. The first-order valence-electron chi connectivity index (χ1n) is 7.13. The molecule has 0 aromatic heterocycles. The summed E-state index contributed by atoms with van der Waals surface area (Å²) in [6.07, 6.45) is -4.10. The van der Waals surface area contributed by atoms with E-state index in [-0.39, 0.29) is 25.4 Å². The van der Waals surface area contributed by atoms with E-state index in [1.165, 1.54) is 0 Å². The second-order valence-corrected chi connectivity index (χ2v) is 5.82. The summed E-state index contributed by atoms with van der Waals surface area (Å²) in [5, 5.41) is 0. The van der Waals surface area contributed by atoms with Crippen LogP contribution in [0.15, 0.2) is 30.3 Å². The Labute approximate surface area is 122 Å². The lowest BCUT2D eigenvalue weighted by molar-refractivity contribution is -0.244. The molecule has 0 atom stereocenters. The minimum Gasteiger partial charge on any atom is -0.460 e. The molecule has 0 N–H and O–H groups in total. The fraction of sp³-hybridized carbons (Fsp3) is 0.562. The Balaban J connectivity index is 2.09. The summed E-state index contributed by atoms with van der Waals surface area (Å²) in [7, 11) is 0. The molecule has 5 heteroatoms. The van der Waals surface area contributed by atoms with Crippen LogP contribution in [0.5, 0.6) is 0 Å². The Morgan fingerprint density at radius 1 is 1.24 bits per heavy atom. The summed E-state index contributed by atoms with van der Waals surface area (Å²) >= 11 is 0. The lowest BCUT2D eigenvalue weighted by Crippen LogP contribution is -2.48. The molecule has 1 saturated carbocycles. The van der Waals surface area contributed by atoms with Gasteiger partial charge in [0.25, 0.3) is 0 Å². The van der Waals surface area contributed by atoms with Crippen LogP contribution in [0.1, 0.15) is 38.2 Å². The summed E-state index contributed by atoms with van der Waals surface area (Å²) in [5.41, 5.74) is -1.64. The van der Waals surface area contributed by atoms with Crippen molar-refractivity contribution >= 4 is 5.97 Å². The van der Waals surface area contributed by atoms with Crippen molar-refractivity contribution in [2.24, 2.45) is 11.3 Å². The third kappa shape index (κ3) is 3.39. The molecule has 1 fully saturated rings. The van der Waals surface area contributed by atoms with Crippen LogP contribution in [0.4, 0.5) is 13.2 Å². The van der Waals surface area contributed by atoms with Gasteiger partial charge in [0.05, 0.1) is 0 Å². The van der Waals surface area contributed by atoms with Crippen molar-refractivity contribution in [3.8, 4) is 0 Å². The SMILES string of the molecule is CC1CCC(C(=O)OCc2ccccc2)(C(F)(F)F)CC1. The Morgan fingerprint density at radius 2 is 1.81 bits per heavy atom. The standard InChI is InChI=1S/C16H19F3O2/c1-12-7-9-15(10-8-12,16(17,18)19)14(20)21-11-13-5-3-2-4-6-13/h2-6,12H,7-11H2,1H3. The first-order chi connectivity index (χ1) is 9.85. The zero-order chi connectivity index (χ0) is 15.5. The van der Waals surface area contributed by atoms with Gasteiger partial charge in [-0.15, -0.1) is 0 Å². The average molecular weight is 300 g/mol. The summed E-state index contributed by atoms with van der Waals surface area (Å²) in [4.78, 5) is 12.1. The highest BCUT2D eigenvalue weighted by atomic mass is 19.4. The van der Waals surface area contributed by atoms with Crippen LogP contribution < -0.4 is 0 Å². The van der Waals surface area contributed by atoms with E-state index >= 15 is 0 Å². The van der Waals surface area contributed by atoms with Gasteiger partial charge in [0, 0.05) is 0 Å². The van der Waals surface area contributed by atoms with Gasteiger partial charge < -0.3 is 4.74 Å². The predicted octanol–water partition coefficient (Wildman–Crippen LogP) is 4.49. The van der Waals surface area contributed by atoms with Crippen LogP contribution in [0, 0.1) is 11.3 Å². The Kier molecular flexibility index (Phi) is 4.59. The van der Waals surface area contributed by atoms with E-state index in [0.717, 1.165) is 0 Å². The zero-order valence-corrected chi connectivity index (χ0v) is 12.0. The first kappa shape index (κ1) is 15.9. The van der Waals surface area contributed by atoms with Crippen molar-refractivity contribution < 1.29 is 22.7 Å². The van der Waals surface area contributed by atoms with Crippen LogP contribution in [-0.2, 0) is 16.1 Å². The van der Waals surface area contributed by atoms with Gasteiger partial charge in [-0.2, -0.15) is 13.2 Å². The molecule has 0 bridgehead atoms. The Hall–Kier alpha value is -1.52. The van der Waals surface area contributed by atoms with E-state index in [4.69, 9.17) is 4.74 Å². The second-order valence-electron chi connectivity index (χ2n) is 5.82. The van der Waals surface area contributed by atoms with E-state index in [1.54, 1.807) is 30.3 Å². The molecular formula is C16H19F3O2. The van der Waals surface area contributed by atoms with Crippen LogP contribution in [0.3, 0.4) is 0 Å². The largest absolute Gasteiger partial charge is 0.460 e. The van der Waals surface area contributed by atoms with Gasteiger partial charge in [0.2, 0.25) is 0 Å². The molecule has 0 aliphatic heterocycles. The smallest absolute Gasteiger partial charge is 0.404 e. The summed E-state index contributed by atoms with van der Waals surface area (Å²) in [5.74, 6) is -0.909. The van der Waals surface area contributed by atoms with E-state index < -0.39 is 17.6 Å². The van der Waals surface area contributed by atoms with Gasteiger partial charge in [-0.05, 0) is 37.2 Å². The van der Waals surface area contributed by atoms with E-state index in [9.17, 15) is 18.0 Å². The Bertz CT molecular complexity index is 474. The molecule has 0 spiro atoms. The van der Waals surface area contributed by atoms with Gasteiger partial charge in [-0.1, -0.05) is 37.3 Å². The third-order valence-electron chi connectivity index (χ3n) is 4.27. The third-order valence-corrected chi connectivity index (χ3v) is 4.27. The number of rotatable bonds is 3. The second kappa shape index (κ2) is 6.08.